The molecule has 0 bridgehead atoms. The van der Waals surface area contributed by atoms with Gasteiger partial charge in [-0.1, -0.05) is 34.1 Å². The summed E-state index contributed by atoms with van der Waals surface area (Å²) in [5.41, 5.74) is 0.551. The van der Waals surface area contributed by atoms with Crippen LogP contribution in [-0.4, -0.2) is 30.5 Å². The van der Waals surface area contributed by atoms with Crippen molar-refractivity contribution in [2.24, 2.45) is 0 Å². The molecule has 4 nitrogen and oxygen atoms in total. The van der Waals surface area contributed by atoms with Gasteiger partial charge in [-0.3, -0.25) is 4.79 Å². The molecule has 0 amide bonds. The first-order chi connectivity index (χ1) is 9.15. The summed E-state index contributed by atoms with van der Waals surface area (Å²) in [7, 11) is 1.36. The average molecular weight is 329 g/mol. The molecular formula is C14H17BrO4. The molecule has 0 aliphatic carbocycles. The average Bonchev–Trinajstić information content (AvgIpc) is 2.46. The molecule has 1 atom stereocenters. The molecule has 0 radical (unpaired) electrons. The highest BCUT2D eigenvalue weighted by Crippen LogP contribution is 2.11. The zero-order valence-electron chi connectivity index (χ0n) is 10.8. The first-order valence-corrected chi connectivity index (χ1v) is 7.00. The number of ether oxygens (including phenoxy) is 2. The Morgan fingerprint density at radius 1 is 1.21 bits per heavy atom. The molecule has 0 heterocycles. The van der Waals surface area contributed by atoms with Crippen LogP contribution < -0.4 is 0 Å². The van der Waals surface area contributed by atoms with Crippen LogP contribution in [0.1, 0.15) is 29.6 Å². The van der Waals surface area contributed by atoms with Crippen LogP contribution in [0, 0.1) is 0 Å². The molecule has 0 saturated heterocycles. The number of carbonyl (C=O) groups excluding carboxylic acids is 2. The van der Waals surface area contributed by atoms with E-state index in [-0.39, 0.29) is 16.8 Å². The highest BCUT2D eigenvalue weighted by atomic mass is 79.9. The number of unbranched alkanes of at least 4 members (excludes halogenated alkanes) is 1. The molecule has 104 valence electrons. The molecule has 1 unspecified atom stereocenters. The largest absolute Gasteiger partial charge is 0.468 e. The summed E-state index contributed by atoms with van der Waals surface area (Å²) in [4.78, 5) is 22.4. The topological polar surface area (TPSA) is 52.6 Å². The van der Waals surface area contributed by atoms with E-state index in [1.54, 1.807) is 24.3 Å². The fourth-order valence-corrected chi connectivity index (χ4v) is 2.00. The van der Waals surface area contributed by atoms with Crippen LogP contribution in [0.5, 0.6) is 0 Å². The van der Waals surface area contributed by atoms with E-state index in [2.05, 4.69) is 20.7 Å². The van der Waals surface area contributed by atoms with Crippen molar-refractivity contribution in [3.63, 3.8) is 0 Å². The molecule has 1 rings (SSSR count). The Hall–Kier alpha value is -1.36. The van der Waals surface area contributed by atoms with Gasteiger partial charge in [0.2, 0.25) is 0 Å². The number of benzene rings is 1. The third-order valence-electron chi connectivity index (χ3n) is 2.55. The normalized spacial score (nSPS) is 11.7. The molecule has 1 aromatic rings. The fourth-order valence-electron chi connectivity index (χ4n) is 1.49. The summed E-state index contributed by atoms with van der Waals surface area (Å²) in [5.74, 6) is -0.592. The molecule has 19 heavy (non-hydrogen) atoms. The number of halogens is 1. The second-order valence-corrected chi connectivity index (χ2v) is 5.09. The van der Waals surface area contributed by atoms with Crippen molar-refractivity contribution in [3.05, 3.63) is 35.9 Å². The Morgan fingerprint density at radius 3 is 2.53 bits per heavy atom. The fraction of sp³-hybridized carbons (Fsp3) is 0.429. The van der Waals surface area contributed by atoms with Gasteiger partial charge in [-0.25, -0.2) is 4.79 Å². The van der Waals surface area contributed by atoms with Gasteiger partial charge in [-0.05, 0) is 31.4 Å². The van der Waals surface area contributed by atoms with Crippen molar-refractivity contribution >= 4 is 27.9 Å². The first-order valence-electron chi connectivity index (χ1n) is 6.09. The third-order valence-corrected chi connectivity index (χ3v) is 3.38. The Labute approximate surface area is 121 Å². The summed E-state index contributed by atoms with van der Waals surface area (Å²) >= 11 is 3.24. The molecule has 0 spiro atoms. The van der Waals surface area contributed by atoms with E-state index in [9.17, 15) is 9.59 Å². The van der Waals surface area contributed by atoms with E-state index in [4.69, 9.17) is 4.74 Å². The van der Waals surface area contributed by atoms with Crippen LogP contribution in [0.3, 0.4) is 0 Å². The Bertz CT molecular complexity index is 405. The van der Waals surface area contributed by atoms with E-state index in [0.717, 1.165) is 12.8 Å². The van der Waals surface area contributed by atoms with Gasteiger partial charge in [0, 0.05) is 0 Å². The highest BCUT2D eigenvalue weighted by Gasteiger charge is 2.14. The van der Waals surface area contributed by atoms with Gasteiger partial charge in [0.25, 0.3) is 0 Å². The molecular weight excluding hydrogens is 312 g/mol. The maximum Gasteiger partial charge on any atom is 0.338 e. The quantitative estimate of drug-likeness (QED) is 0.438. The lowest BCUT2D eigenvalue weighted by Gasteiger charge is -2.07. The van der Waals surface area contributed by atoms with Gasteiger partial charge < -0.3 is 9.47 Å². The molecule has 0 aliphatic heterocycles. The zero-order chi connectivity index (χ0) is 14.1. The van der Waals surface area contributed by atoms with Crippen molar-refractivity contribution in [2.45, 2.75) is 24.1 Å². The van der Waals surface area contributed by atoms with Crippen LogP contribution in [0.15, 0.2) is 30.3 Å². The smallest absolute Gasteiger partial charge is 0.338 e. The van der Waals surface area contributed by atoms with E-state index < -0.39 is 0 Å². The van der Waals surface area contributed by atoms with E-state index in [0.29, 0.717) is 18.6 Å². The standard InChI is InChI=1S/C14H17BrO4/c1-18-14(17)12(15)9-5-6-10-19-13(16)11-7-3-2-4-8-11/h2-4,7-8,12H,5-6,9-10H2,1H3. The molecule has 0 saturated carbocycles. The van der Waals surface area contributed by atoms with Gasteiger partial charge in [-0.15, -0.1) is 0 Å². The van der Waals surface area contributed by atoms with E-state index in [1.165, 1.54) is 7.11 Å². The van der Waals surface area contributed by atoms with Gasteiger partial charge in [0.1, 0.15) is 4.83 Å². The summed E-state index contributed by atoms with van der Waals surface area (Å²) in [6.45, 7) is 0.356. The second-order valence-electron chi connectivity index (χ2n) is 3.99. The third kappa shape index (κ3) is 5.87. The van der Waals surface area contributed by atoms with Crippen molar-refractivity contribution in [1.82, 2.24) is 0 Å². The summed E-state index contributed by atoms with van der Waals surface area (Å²) < 4.78 is 9.72. The number of rotatable bonds is 7. The molecule has 0 N–H and O–H groups in total. The predicted molar refractivity (Wildman–Crippen MR) is 75.3 cm³/mol. The highest BCUT2D eigenvalue weighted by molar-refractivity contribution is 9.10. The summed E-state index contributed by atoms with van der Waals surface area (Å²) in [5, 5.41) is 0. The maximum absolute atomic E-state index is 11.6. The minimum Gasteiger partial charge on any atom is -0.468 e. The number of carbonyl (C=O) groups is 2. The van der Waals surface area contributed by atoms with E-state index >= 15 is 0 Å². The van der Waals surface area contributed by atoms with Crippen LogP contribution in [0.2, 0.25) is 0 Å². The number of hydrogen-bond acceptors (Lipinski definition) is 4. The number of esters is 2. The predicted octanol–water partition coefficient (Wildman–Crippen LogP) is 2.95. The monoisotopic (exact) mass is 328 g/mol. The summed E-state index contributed by atoms with van der Waals surface area (Å²) in [6.07, 6.45) is 2.17. The first kappa shape index (κ1) is 15.7. The van der Waals surface area contributed by atoms with Gasteiger partial charge in [0.15, 0.2) is 0 Å². The van der Waals surface area contributed by atoms with Gasteiger partial charge in [-0.2, -0.15) is 0 Å². The van der Waals surface area contributed by atoms with Crippen molar-refractivity contribution in [2.75, 3.05) is 13.7 Å². The van der Waals surface area contributed by atoms with Gasteiger partial charge in [0.05, 0.1) is 19.3 Å². The van der Waals surface area contributed by atoms with Crippen LogP contribution >= 0.6 is 15.9 Å². The summed E-state index contributed by atoms with van der Waals surface area (Å²) in [6, 6.07) is 8.87. The Balaban J connectivity index is 2.15. The molecule has 0 aromatic heterocycles. The van der Waals surface area contributed by atoms with Crippen LogP contribution in [-0.2, 0) is 14.3 Å². The molecule has 5 heteroatoms. The SMILES string of the molecule is COC(=O)C(Br)CCCCOC(=O)c1ccccc1. The minimum absolute atomic E-state index is 0.277. The lowest BCUT2D eigenvalue weighted by atomic mass is 10.2. The maximum atomic E-state index is 11.6. The number of hydrogen-bond donors (Lipinski definition) is 0. The van der Waals surface area contributed by atoms with Crippen LogP contribution in [0.25, 0.3) is 0 Å². The lowest BCUT2D eigenvalue weighted by Crippen LogP contribution is -2.15. The van der Waals surface area contributed by atoms with E-state index in [1.807, 2.05) is 6.07 Å². The molecule has 1 aromatic carbocycles. The Kier molecular flexibility index (Phi) is 7.18. The number of alkyl halides is 1. The van der Waals surface area contributed by atoms with Crippen LogP contribution in [0.4, 0.5) is 0 Å². The second kappa shape index (κ2) is 8.69. The number of methoxy groups -OCH3 is 1. The minimum atomic E-state index is -0.316. The molecule has 0 fully saturated rings. The zero-order valence-corrected chi connectivity index (χ0v) is 12.4. The molecule has 0 aliphatic rings. The lowest BCUT2D eigenvalue weighted by molar-refractivity contribution is -0.139. The van der Waals surface area contributed by atoms with Gasteiger partial charge >= 0.3 is 11.9 Å². The van der Waals surface area contributed by atoms with Crippen molar-refractivity contribution < 1.29 is 19.1 Å². The van der Waals surface area contributed by atoms with Crippen molar-refractivity contribution in [3.8, 4) is 0 Å². The Morgan fingerprint density at radius 2 is 1.89 bits per heavy atom. The van der Waals surface area contributed by atoms with Crippen molar-refractivity contribution in [1.29, 1.82) is 0 Å².